The maximum absolute atomic E-state index is 9.99. The molecule has 0 fully saturated rings. The number of hydrogen-bond donors (Lipinski definition) is 1. The molecule has 0 radical (unpaired) electrons. The molecule has 0 bridgehead atoms. The van der Waals surface area contributed by atoms with Crippen molar-refractivity contribution >= 4 is 23.1 Å². The molecule has 0 aliphatic heterocycles. The third-order valence-corrected chi connectivity index (χ3v) is 4.49. The van der Waals surface area contributed by atoms with E-state index in [2.05, 4.69) is 30.9 Å². The normalized spacial score (nSPS) is 13.7. The third kappa shape index (κ3) is 4.87. The fourth-order valence-corrected chi connectivity index (χ4v) is 3.76. The third-order valence-electron chi connectivity index (χ3n) is 2.13. The average Bonchev–Trinajstić information content (AvgIpc) is 2.61. The molecule has 0 amide bonds. The van der Waals surface area contributed by atoms with E-state index < -0.39 is 0 Å². The van der Waals surface area contributed by atoms with Crippen LogP contribution in [0.5, 0.6) is 0 Å². The highest BCUT2D eigenvalue weighted by atomic mass is 32.2. The Morgan fingerprint density at radius 1 is 1.38 bits per heavy atom. The summed E-state index contributed by atoms with van der Waals surface area (Å²) in [6, 6.07) is 4.17. The lowest BCUT2D eigenvalue weighted by atomic mass is 10.2. The molecule has 1 N–H and O–H groups in total. The maximum atomic E-state index is 9.99. The van der Waals surface area contributed by atoms with Gasteiger partial charge in [0.05, 0.1) is 10.3 Å². The Balaban J connectivity index is 2.49. The lowest BCUT2D eigenvalue weighted by Crippen LogP contribution is -2.15. The Labute approximate surface area is 107 Å². The van der Waals surface area contributed by atoms with Gasteiger partial charge in [0.25, 0.3) is 0 Å². The van der Waals surface area contributed by atoms with Gasteiger partial charge in [-0.1, -0.05) is 13.8 Å². The molecule has 1 aromatic heterocycles. The van der Waals surface area contributed by atoms with Crippen LogP contribution < -0.4 is 0 Å². The Hall–Kier alpha value is -0.0300. The monoisotopic (exact) mass is 259 g/mol. The molecule has 1 unspecified atom stereocenters. The molecule has 1 heterocycles. The highest BCUT2D eigenvalue weighted by Crippen LogP contribution is 2.33. The number of aliphatic hydroxyl groups is 1. The minimum atomic E-state index is -0.311. The van der Waals surface area contributed by atoms with Gasteiger partial charge in [0.2, 0.25) is 0 Å². The summed E-state index contributed by atoms with van der Waals surface area (Å²) >= 11 is 3.57. The molecule has 0 spiro atoms. The van der Waals surface area contributed by atoms with Crippen LogP contribution in [0, 0.1) is 0 Å². The van der Waals surface area contributed by atoms with Crippen LogP contribution in [0.15, 0.2) is 16.3 Å². The van der Waals surface area contributed by atoms with Gasteiger partial charge in [-0.2, -0.15) is 0 Å². The predicted octanol–water partition coefficient (Wildman–Crippen LogP) is 3.23. The van der Waals surface area contributed by atoms with Crippen molar-refractivity contribution in [3.8, 4) is 0 Å². The first-order valence-corrected chi connectivity index (χ1v) is 7.28. The van der Waals surface area contributed by atoms with Crippen LogP contribution in [-0.2, 0) is 0 Å². The molecular weight excluding hydrogens is 238 g/mol. The summed E-state index contributed by atoms with van der Waals surface area (Å²) in [5.74, 6) is 0. The van der Waals surface area contributed by atoms with Gasteiger partial charge in [0, 0.05) is 16.7 Å². The van der Waals surface area contributed by atoms with E-state index in [1.165, 1.54) is 4.21 Å². The van der Waals surface area contributed by atoms with Gasteiger partial charge < -0.3 is 10.0 Å². The smallest absolute Gasteiger partial charge is 0.0894 e. The topological polar surface area (TPSA) is 23.5 Å². The van der Waals surface area contributed by atoms with Crippen LogP contribution in [0.4, 0.5) is 0 Å². The summed E-state index contributed by atoms with van der Waals surface area (Å²) in [5, 5.41) is 10.6. The summed E-state index contributed by atoms with van der Waals surface area (Å²) < 4.78 is 1.30. The van der Waals surface area contributed by atoms with E-state index >= 15 is 0 Å². The van der Waals surface area contributed by atoms with Gasteiger partial charge in [0.15, 0.2) is 0 Å². The highest BCUT2D eigenvalue weighted by Gasteiger charge is 2.11. The molecular formula is C12H21NOS2. The second-order valence-corrected chi connectivity index (χ2v) is 7.42. The van der Waals surface area contributed by atoms with E-state index in [0.29, 0.717) is 5.25 Å². The zero-order valence-electron chi connectivity index (χ0n) is 10.4. The minimum Gasteiger partial charge on any atom is -0.388 e. The fourth-order valence-electron chi connectivity index (χ4n) is 1.33. The van der Waals surface area contributed by atoms with E-state index in [1.807, 2.05) is 25.9 Å². The molecule has 16 heavy (non-hydrogen) atoms. The quantitative estimate of drug-likeness (QED) is 0.793. The predicted molar refractivity (Wildman–Crippen MR) is 73.4 cm³/mol. The van der Waals surface area contributed by atoms with Gasteiger partial charge in [0.1, 0.15) is 0 Å². The van der Waals surface area contributed by atoms with Crippen LogP contribution in [-0.4, -0.2) is 35.9 Å². The van der Waals surface area contributed by atoms with Crippen LogP contribution in [0.2, 0.25) is 0 Å². The standard InChI is InChI=1S/C12H21NOS2/c1-9(2)15-12-6-5-11(16-12)10(14)7-8-13(3)4/h5-6,9-10,14H,7-8H2,1-4H3. The van der Waals surface area contributed by atoms with Gasteiger partial charge in [-0.3, -0.25) is 0 Å². The van der Waals surface area contributed by atoms with Crippen molar-refractivity contribution in [2.75, 3.05) is 20.6 Å². The summed E-state index contributed by atoms with van der Waals surface area (Å²) in [6.45, 7) is 5.30. The highest BCUT2D eigenvalue weighted by molar-refractivity contribution is 8.01. The molecule has 4 heteroatoms. The Bertz CT molecular complexity index is 310. The van der Waals surface area contributed by atoms with Gasteiger partial charge >= 0.3 is 0 Å². The van der Waals surface area contributed by atoms with Crippen molar-refractivity contribution in [2.24, 2.45) is 0 Å². The van der Waals surface area contributed by atoms with Crippen LogP contribution in [0.25, 0.3) is 0 Å². The van der Waals surface area contributed by atoms with E-state index in [-0.39, 0.29) is 6.10 Å². The van der Waals surface area contributed by atoms with Crippen LogP contribution >= 0.6 is 23.1 Å². The summed E-state index contributed by atoms with van der Waals surface area (Å²) in [6.07, 6.45) is 0.494. The lowest BCUT2D eigenvalue weighted by molar-refractivity contribution is 0.158. The van der Waals surface area contributed by atoms with Crippen LogP contribution in [0.3, 0.4) is 0 Å². The van der Waals surface area contributed by atoms with Crippen molar-refractivity contribution in [1.29, 1.82) is 0 Å². The van der Waals surface area contributed by atoms with E-state index in [0.717, 1.165) is 17.8 Å². The molecule has 92 valence electrons. The zero-order valence-corrected chi connectivity index (χ0v) is 12.1. The first kappa shape index (κ1) is 14.0. The van der Waals surface area contributed by atoms with Gasteiger partial charge in [-0.05, 0) is 32.6 Å². The first-order valence-electron chi connectivity index (χ1n) is 5.58. The largest absolute Gasteiger partial charge is 0.388 e. The van der Waals surface area contributed by atoms with Crippen molar-refractivity contribution < 1.29 is 5.11 Å². The summed E-state index contributed by atoms with van der Waals surface area (Å²) in [7, 11) is 4.06. The van der Waals surface area contributed by atoms with Gasteiger partial charge in [-0.15, -0.1) is 23.1 Å². The van der Waals surface area contributed by atoms with Crippen molar-refractivity contribution in [2.45, 2.75) is 35.8 Å². The number of thiophene rings is 1. The Morgan fingerprint density at radius 3 is 2.62 bits per heavy atom. The molecule has 0 saturated heterocycles. The zero-order chi connectivity index (χ0) is 12.1. The first-order chi connectivity index (χ1) is 7.49. The lowest BCUT2D eigenvalue weighted by Gasteiger charge is -2.12. The fraction of sp³-hybridized carbons (Fsp3) is 0.667. The van der Waals surface area contributed by atoms with E-state index in [9.17, 15) is 5.11 Å². The minimum absolute atomic E-state index is 0.311. The summed E-state index contributed by atoms with van der Waals surface area (Å²) in [4.78, 5) is 3.19. The average molecular weight is 259 g/mol. The Kier molecular flexibility index (Phi) is 5.83. The number of aliphatic hydroxyl groups excluding tert-OH is 1. The van der Waals surface area contributed by atoms with E-state index in [4.69, 9.17) is 0 Å². The second-order valence-electron chi connectivity index (χ2n) is 4.43. The SMILES string of the molecule is CC(C)Sc1ccc(C(O)CCN(C)C)s1. The maximum Gasteiger partial charge on any atom is 0.0894 e. The molecule has 0 aliphatic carbocycles. The Morgan fingerprint density at radius 2 is 2.06 bits per heavy atom. The number of nitrogens with zero attached hydrogens (tertiary/aromatic N) is 1. The molecule has 0 aliphatic rings. The molecule has 2 nitrogen and oxygen atoms in total. The second kappa shape index (κ2) is 6.64. The molecule has 1 aromatic rings. The van der Waals surface area contributed by atoms with Gasteiger partial charge in [-0.25, -0.2) is 0 Å². The number of hydrogen-bond acceptors (Lipinski definition) is 4. The molecule has 0 aromatic carbocycles. The molecule has 0 saturated carbocycles. The molecule has 1 rings (SSSR count). The van der Waals surface area contributed by atoms with E-state index in [1.54, 1.807) is 11.3 Å². The van der Waals surface area contributed by atoms with Crippen molar-refractivity contribution in [1.82, 2.24) is 4.90 Å². The summed E-state index contributed by atoms with van der Waals surface area (Å²) in [5.41, 5.74) is 0. The van der Waals surface area contributed by atoms with Crippen molar-refractivity contribution in [3.05, 3.63) is 17.0 Å². The number of rotatable bonds is 6. The van der Waals surface area contributed by atoms with Crippen LogP contribution in [0.1, 0.15) is 31.2 Å². The molecule has 1 atom stereocenters. The van der Waals surface area contributed by atoms with Crippen molar-refractivity contribution in [3.63, 3.8) is 0 Å². The number of thioether (sulfide) groups is 1.